The smallest absolute Gasteiger partial charge is 0.231 e. The Kier molecular flexibility index (Phi) is 9.77. The number of nitrogens with one attached hydrogen (secondary N) is 1. The molecule has 1 saturated heterocycles. The zero-order chi connectivity index (χ0) is 36.4. The molecule has 7 nitrogen and oxygen atoms in total. The van der Waals surface area contributed by atoms with Crippen LogP contribution in [0.25, 0.3) is 0 Å². The van der Waals surface area contributed by atoms with E-state index in [1.165, 1.54) is 64.2 Å². The SMILES string of the molecule is CC1(C)C(C2=CCC(COc3ncccc3C#N)CC2)=CC[C@@]2(C)C1CC[C@@]1(C)C3CCC4(NCCN5CCS(=O)(=O)CC5)CCC[C@@H]4C3CCC12. The molecule has 7 aliphatic rings. The number of fused-ring (bicyclic) bond motifs is 7. The van der Waals surface area contributed by atoms with E-state index in [9.17, 15) is 13.7 Å². The number of nitriles is 1. The summed E-state index contributed by atoms with van der Waals surface area (Å²) in [4.78, 5) is 6.67. The molecule has 6 aliphatic carbocycles. The number of aromatic nitrogens is 1. The fourth-order valence-electron chi connectivity index (χ4n) is 14.2. The number of hydrogen-bond acceptors (Lipinski definition) is 7. The molecule has 0 amide bonds. The average molecular weight is 729 g/mol. The summed E-state index contributed by atoms with van der Waals surface area (Å²) in [6.45, 7) is 14.6. The Morgan fingerprint density at radius 1 is 0.962 bits per heavy atom. The van der Waals surface area contributed by atoms with Gasteiger partial charge >= 0.3 is 0 Å². The molecule has 1 aromatic rings. The van der Waals surface area contributed by atoms with Crippen LogP contribution in [0.4, 0.5) is 0 Å². The first kappa shape index (κ1) is 36.8. The summed E-state index contributed by atoms with van der Waals surface area (Å²) in [5, 5.41) is 13.6. The minimum absolute atomic E-state index is 0.172. The van der Waals surface area contributed by atoms with E-state index < -0.39 is 9.84 Å². The Morgan fingerprint density at radius 3 is 2.56 bits per heavy atom. The quantitative estimate of drug-likeness (QED) is 0.289. The van der Waals surface area contributed by atoms with Crippen LogP contribution in [-0.2, 0) is 9.84 Å². The van der Waals surface area contributed by atoms with Crippen LogP contribution in [0, 0.1) is 63.1 Å². The highest BCUT2D eigenvalue weighted by Crippen LogP contribution is 2.72. The van der Waals surface area contributed by atoms with Crippen molar-refractivity contribution in [2.75, 3.05) is 44.3 Å². The molecule has 1 aromatic heterocycles. The molecule has 6 unspecified atom stereocenters. The summed E-state index contributed by atoms with van der Waals surface area (Å²) in [7, 11) is -2.83. The number of hydrogen-bond donors (Lipinski definition) is 1. The summed E-state index contributed by atoms with van der Waals surface area (Å²) >= 11 is 0. The molecule has 0 spiro atoms. The summed E-state index contributed by atoms with van der Waals surface area (Å²) in [6, 6.07) is 5.77. The zero-order valence-electron chi connectivity index (χ0n) is 32.5. The second-order valence-electron chi connectivity index (χ2n) is 19.3. The lowest BCUT2D eigenvalue weighted by molar-refractivity contribution is -0.175. The van der Waals surface area contributed by atoms with Crippen molar-refractivity contribution in [3.8, 4) is 11.9 Å². The zero-order valence-corrected chi connectivity index (χ0v) is 33.3. The van der Waals surface area contributed by atoms with Gasteiger partial charge in [0.05, 0.1) is 18.1 Å². The van der Waals surface area contributed by atoms with E-state index in [0.717, 1.165) is 56.0 Å². The Hall–Kier alpha value is -2.21. The molecule has 2 heterocycles. The molecular formula is C44H64N4O3S. The molecule has 0 aromatic carbocycles. The summed E-state index contributed by atoms with van der Waals surface area (Å²) in [5.74, 6) is 5.58. The van der Waals surface area contributed by atoms with Gasteiger partial charge in [-0.3, -0.25) is 0 Å². The van der Waals surface area contributed by atoms with Gasteiger partial charge in [-0.25, -0.2) is 13.4 Å². The number of sulfone groups is 1. The number of nitrogens with zero attached hydrogens (tertiary/aromatic N) is 3. The molecule has 0 bridgehead atoms. The van der Waals surface area contributed by atoms with Crippen LogP contribution < -0.4 is 10.1 Å². The fourth-order valence-corrected chi connectivity index (χ4v) is 15.5. The van der Waals surface area contributed by atoms with E-state index >= 15 is 0 Å². The van der Waals surface area contributed by atoms with Crippen LogP contribution in [0.3, 0.4) is 0 Å². The number of pyridine rings is 1. The largest absolute Gasteiger partial charge is 0.476 e. The van der Waals surface area contributed by atoms with Gasteiger partial charge in [0.1, 0.15) is 11.6 Å². The first-order valence-electron chi connectivity index (χ1n) is 20.9. The molecule has 9 atom stereocenters. The van der Waals surface area contributed by atoms with E-state index in [1.807, 2.05) is 0 Å². The molecule has 8 heteroatoms. The lowest BCUT2D eigenvalue weighted by Crippen LogP contribution is -2.64. The Bertz CT molecular complexity index is 1720. The average Bonchev–Trinajstić information content (AvgIpc) is 3.56. The third kappa shape index (κ3) is 6.31. The molecule has 8 rings (SSSR count). The number of ether oxygens (including phenoxy) is 1. The van der Waals surface area contributed by atoms with Crippen molar-refractivity contribution < 1.29 is 13.2 Å². The fraction of sp³-hybridized carbons (Fsp3) is 0.773. The van der Waals surface area contributed by atoms with Crippen LogP contribution in [0.2, 0.25) is 0 Å². The second kappa shape index (κ2) is 13.8. The molecule has 1 aliphatic heterocycles. The maximum Gasteiger partial charge on any atom is 0.231 e. The van der Waals surface area contributed by atoms with Gasteiger partial charge in [-0.1, -0.05) is 46.3 Å². The van der Waals surface area contributed by atoms with Crippen LogP contribution >= 0.6 is 0 Å². The molecule has 284 valence electrons. The molecule has 5 fully saturated rings. The molecule has 52 heavy (non-hydrogen) atoms. The summed E-state index contributed by atoms with van der Waals surface area (Å²) in [6.07, 6.45) is 23.7. The third-order valence-corrected chi connectivity index (χ3v) is 18.3. The van der Waals surface area contributed by atoms with Crippen LogP contribution in [0.15, 0.2) is 41.6 Å². The van der Waals surface area contributed by atoms with E-state index in [0.29, 0.717) is 70.9 Å². The minimum Gasteiger partial charge on any atom is -0.476 e. The van der Waals surface area contributed by atoms with Gasteiger partial charge in [0.15, 0.2) is 9.84 Å². The highest BCUT2D eigenvalue weighted by atomic mass is 32.2. The van der Waals surface area contributed by atoms with Gasteiger partial charge in [-0.15, -0.1) is 0 Å². The molecule has 0 radical (unpaired) electrons. The first-order valence-corrected chi connectivity index (χ1v) is 22.8. The van der Waals surface area contributed by atoms with Crippen LogP contribution in [-0.4, -0.2) is 68.1 Å². The monoisotopic (exact) mass is 728 g/mol. The maximum atomic E-state index is 12.0. The van der Waals surface area contributed by atoms with Crippen LogP contribution in [0.5, 0.6) is 5.88 Å². The second-order valence-corrected chi connectivity index (χ2v) is 21.6. The predicted molar refractivity (Wildman–Crippen MR) is 207 cm³/mol. The summed E-state index contributed by atoms with van der Waals surface area (Å²) in [5.41, 5.74) is 4.98. The lowest BCUT2D eigenvalue weighted by atomic mass is 9.37. The third-order valence-electron chi connectivity index (χ3n) is 16.6. The first-order chi connectivity index (χ1) is 24.9. The Balaban J connectivity index is 0.928. The van der Waals surface area contributed by atoms with Crippen molar-refractivity contribution in [1.29, 1.82) is 5.26 Å². The molecule has 1 N–H and O–H groups in total. The Morgan fingerprint density at radius 2 is 1.79 bits per heavy atom. The minimum atomic E-state index is -2.83. The van der Waals surface area contributed by atoms with Gasteiger partial charge < -0.3 is 15.0 Å². The van der Waals surface area contributed by atoms with E-state index in [4.69, 9.17) is 4.74 Å². The van der Waals surface area contributed by atoms with Crippen molar-refractivity contribution in [3.63, 3.8) is 0 Å². The van der Waals surface area contributed by atoms with Crippen molar-refractivity contribution in [1.82, 2.24) is 15.2 Å². The highest BCUT2D eigenvalue weighted by Gasteiger charge is 2.65. The maximum absolute atomic E-state index is 12.0. The Labute approximate surface area is 314 Å². The van der Waals surface area contributed by atoms with Crippen molar-refractivity contribution in [2.45, 2.75) is 117 Å². The van der Waals surface area contributed by atoms with Crippen molar-refractivity contribution >= 4 is 9.84 Å². The normalized spacial score (nSPS) is 40.9. The standard InChI is InChI=1S/C44H64N4O3S/c1-41(2)35(32-11-9-31(10-12-32)30-51-40-33(29-45)7-6-22-46-40)15-19-43(4)38(41)17-20-42(3)36-16-21-44(18-5-8-37(44)34(36)13-14-39(42)43)47-23-24-48-25-27-52(49,50)28-26-48/h6-7,11,15,22,31,34,36-39,47H,5,8-10,12-14,16-21,23-28,30H2,1-4H3/t31?,34?,36?,37-,38?,39?,42+,43+,44?/m1/s1. The lowest BCUT2D eigenvalue weighted by Gasteiger charge is -2.68. The van der Waals surface area contributed by atoms with E-state index in [-0.39, 0.29) is 5.41 Å². The van der Waals surface area contributed by atoms with Gasteiger partial charge in [-0.05, 0) is 152 Å². The molecule has 4 saturated carbocycles. The van der Waals surface area contributed by atoms with Gasteiger partial charge in [-0.2, -0.15) is 5.26 Å². The topological polar surface area (TPSA) is 95.3 Å². The van der Waals surface area contributed by atoms with Crippen LogP contribution in [0.1, 0.15) is 117 Å². The van der Waals surface area contributed by atoms with E-state index in [2.05, 4.69) is 61.1 Å². The highest BCUT2D eigenvalue weighted by molar-refractivity contribution is 7.91. The van der Waals surface area contributed by atoms with Crippen molar-refractivity contribution in [2.24, 2.45) is 51.8 Å². The van der Waals surface area contributed by atoms with Gasteiger partial charge in [0.25, 0.3) is 0 Å². The predicted octanol–water partition coefficient (Wildman–Crippen LogP) is 8.13. The van der Waals surface area contributed by atoms with Gasteiger partial charge in [0.2, 0.25) is 5.88 Å². The number of allylic oxidation sites excluding steroid dienone is 4. The number of rotatable bonds is 8. The van der Waals surface area contributed by atoms with E-state index in [1.54, 1.807) is 29.5 Å². The van der Waals surface area contributed by atoms with Gasteiger partial charge in [0, 0.05) is 37.9 Å². The summed E-state index contributed by atoms with van der Waals surface area (Å²) < 4.78 is 30.0. The van der Waals surface area contributed by atoms with Crippen molar-refractivity contribution in [3.05, 3.63) is 47.2 Å². The molecular weight excluding hydrogens is 665 g/mol.